The first kappa shape index (κ1) is 15.6. The highest BCUT2D eigenvalue weighted by Crippen LogP contribution is 2.41. The molecule has 1 unspecified atom stereocenters. The Hall–Kier alpha value is -0.750. The highest BCUT2D eigenvalue weighted by atomic mass is 79.9. The SMILES string of the molecule is COc1cc(C(N)c2scc(C)c2Cl)c(OC)cc1Br. The van der Waals surface area contributed by atoms with Crippen molar-refractivity contribution in [3.05, 3.63) is 43.0 Å². The van der Waals surface area contributed by atoms with E-state index in [1.54, 1.807) is 25.6 Å². The summed E-state index contributed by atoms with van der Waals surface area (Å²) in [6.07, 6.45) is 0. The summed E-state index contributed by atoms with van der Waals surface area (Å²) in [5.41, 5.74) is 8.23. The lowest BCUT2D eigenvalue weighted by Gasteiger charge is -2.17. The predicted octanol–water partition coefficient (Wildman–Crippen LogP) is 4.54. The van der Waals surface area contributed by atoms with Crippen molar-refractivity contribution in [1.29, 1.82) is 0 Å². The van der Waals surface area contributed by atoms with E-state index in [0.29, 0.717) is 16.5 Å². The summed E-state index contributed by atoms with van der Waals surface area (Å²) in [7, 11) is 3.23. The van der Waals surface area contributed by atoms with Crippen LogP contribution in [0.3, 0.4) is 0 Å². The van der Waals surface area contributed by atoms with Gasteiger partial charge in [0, 0.05) is 10.4 Å². The summed E-state index contributed by atoms with van der Waals surface area (Å²) < 4.78 is 11.6. The number of benzene rings is 1. The first-order valence-corrected chi connectivity index (χ1v) is 7.95. The van der Waals surface area contributed by atoms with E-state index in [0.717, 1.165) is 20.5 Å². The molecule has 0 radical (unpaired) electrons. The standard InChI is InChI=1S/C14H15BrClNO2S/c1-7-6-20-14(12(7)16)13(17)8-4-11(19-3)9(15)5-10(8)18-2/h4-6,13H,17H2,1-3H3. The van der Waals surface area contributed by atoms with Crippen molar-refractivity contribution in [1.82, 2.24) is 0 Å². The van der Waals surface area contributed by atoms with Crippen LogP contribution in [0, 0.1) is 6.92 Å². The molecule has 3 nitrogen and oxygen atoms in total. The summed E-state index contributed by atoms with van der Waals surface area (Å²) in [6.45, 7) is 1.97. The number of aryl methyl sites for hydroxylation is 1. The van der Waals surface area contributed by atoms with Crippen molar-refractivity contribution in [2.45, 2.75) is 13.0 Å². The summed E-state index contributed by atoms with van der Waals surface area (Å²) in [5.74, 6) is 1.41. The van der Waals surface area contributed by atoms with Gasteiger partial charge in [0.05, 0.1) is 29.8 Å². The number of methoxy groups -OCH3 is 2. The van der Waals surface area contributed by atoms with E-state index in [2.05, 4.69) is 15.9 Å². The highest BCUT2D eigenvalue weighted by Gasteiger charge is 2.21. The molecule has 0 spiro atoms. The third kappa shape index (κ3) is 2.81. The van der Waals surface area contributed by atoms with Crippen LogP contribution in [0.2, 0.25) is 5.02 Å². The molecule has 2 aromatic rings. The normalized spacial score (nSPS) is 12.3. The van der Waals surface area contributed by atoms with Gasteiger partial charge in [0.25, 0.3) is 0 Å². The molecule has 1 aromatic heterocycles. The van der Waals surface area contributed by atoms with Crippen LogP contribution in [-0.2, 0) is 0 Å². The summed E-state index contributed by atoms with van der Waals surface area (Å²) in [6, 6.07) is 3.37. The van der Waals surface area contributed by atoms with Crippen LogP contribution in [0.15, 0.2) is 22.0 Å². The topological polar surface area (TPSA) is 44.5 Å². The van der Waals surface area contributed by atoms with Crippen LogP contribution in [0.1, 0.15) is 22.0 Å². The van der Waals surface area contributed by atoms with Gasteiger partial charge in [0.1, 0.15) is 11.5 Å². The largest absolute Gasteiger partial charge is 0.496 e. The first-order chi connectivity index (χ1) is 9.49. The van der Waals surface area contributed by atoms with Gasteiger partial charge < -0.3 is 15.2 Å². The van der Waals surface area contributed by atoms with Gasteiger partial charge in [-0.05, 0) is 45.9 Å². The van der Waals surface area contributed by atoms with Crippen molar-refractivity contribution in [2.24, 2.45) is 5.73 Å². The van der Waals surface area contributed by atoms with Gasteiger partial charge in [-0.1, -0.05) is 11.6 Å². The molecule has 1 aromatic carbocycles. The molecule has 20 heavy (non-hydrogen) atoms. The van der Waals surface area contributed by atoms with Crippen LogP contribution < -0.4 is 15.2 Å². The van der Waals surface area contributed by atoms with Crippen molar-refractivity contribution in [3.8, 4) is 11.5 Å². The summed E-state index contributed by atoms with van der Waals surface area (Å²) >= 11 is 11.3. The summed E-state index contributed by atoms with van der Waals surface area (Å²) in [4.78, 5) is 0.923. The Bertz CT molecular complexity index is 630. The molecule has 0 aliphatic heterocycles. The fraction of sp³-hybridized carbons (Fsp3) is 0.286. The monoisotopic (exact) mass is 375 g/mol. The van der Waals surface area contributed by atoms with Gasteiger partial charge in [-0.2, -0.15) is 0 Å². The van der Waals surface area contributed by atoms with Gasteiger partial charge in [0.15, 0.2) is 0 Å². The minimum absolute atomic E-state index is 0.349. The van der Waals surface area contributed by atoms with Crippen LogP contribution in [0.25, 0.3) is 0 Å². The Balaban J connectivity index is 2.53. The quantitative estimate of drug-likeness (QED) is 0.852. The fourth-order valence-corrected chi connectivity index (χ4v) is 3.74. The van der Waals surface area contributed by atoms with Crippen molar-refractivity contribution < 1.29 is 9.47 Å². The smallest absolute Gasteiger partial charge is 0.133 e. The van der Waals surface area contributed by atoms with E-state index in [1.807, 2.05) is 24.4 Å². The van der Waals surface area contributed by atoms with E-state index >= 15 is 0 Å². The van der Waals surface area contributed by atoms with Crippen LogP contribution >= 0.6 is 38.9 Å². The Labute approximate surface area is 135 Å². The average Bonchev–Trinajstić information content (AvgIpc) is 2.78. The molecule has 0 aliphatic carbocycles. The Morgan fingerprint density at radius 1 is 1.25 bits per heavy atom. The van der Waals surface area contributed by atoms with Crippen LogP contribution in [-0.4, -0.2) is 14.2 Å². The third-order valence-corrected chi connectivity index (χ3v) is 5.46. The minimum Gasteiger partial charge on any atom is -0.496 e. The Morgan fingerprint density at radius 2 is 1.90 bits per heavy atom. The van der Waals surface area contributed by atoms with Crippen LogP contribution in [0.5, 0.6) is 11.5 Å². The molecule has 0 fully saturated rings. The number of ether oxygens (including phenoxy) is 2. The molecule has 0 saturated heterocycles. The molecule has 0 amide bonds. The van der Waals surface area contributed by atoms with Gasteiger partial charge in [-0.15, -0.1) is 11.3 Å². The van der Waals surface area contributed by atoms with E-state index in [1.165, 1.54) is 0 Å². The predicted molar refractivity (Wildman–Crippen MR) is 87.3 cm³/mol. The first-order valence-electron chi connectivity index (χ1n) is 5.90. The Kier molecular flexibility index (Phi) is 4.96. The summed E-state index contributed by atoms with van der Waals surface area (Å²) in [5, 5.41) is 2.71. The number of halogens is 2. The highest BCUT2D eigenvalue weighted by molar-refractivity contribution is 9.10. The maximum atomic E-state index is 6.36. The van der Waals surface area contributed by atoms with E-state index in [9.17, 15) is 0 Å². The zero-order valence-electron chi connectivity index (χ0n) is 11.4. The molecule has 6 heteroatoms. The number of rotatable bonds is 4. The van der Waals surface area contributed by atoms with Crippen molar-refractivity contribution >= 4 is 38.9 Å². The van der Waals surface area contributed by atoms with Gasteiger partial charge in [-0.25, -0.2) is 0 Å². The number of thiophene rings is 1. The second-order valence-electron chi connectivity index (χ2n) is 4.30. The molecule has 1 heterocycles. The molecule has 0 saturated carbocycles. The third-order valence-electron chi connectivity index (χ3n) is 3.05. The van der Waals surface area contributed by atoms with Crippen molar-refractivity contribution in [2.75, 3.05) is 14.2 Å². The second-order valence-corrected chi connectivity index (χ2v) is 6.45. The van der Waals surface area contributed by atoms with E-state index in [-0.39, 0.29) is 6.04 Å². The molecular weight excluding hydrogens is 362 g/mol. The maximum Gasteiger partial charge on any atom is 0.133 e. The number of hydrogen-bond donors (Lipinski definition) is 1. The molecule has 2 N–H and O–H groups in total. The zero-order chi connectivity index (χ0) is 14.9. The van der Waals surface area contributed by atoms with Gasteiger partial charge in [-0.3, -0.25) is 0 Å². The molecule has 1 atom stereocenters. The van der Waals surface area contributed by atoms with Gasteiger partial charge in [0.2, 0.25) is 0 Å². The Morgan fingerprint density at radius 3 is 2.40 bits per heavy atom. The molecular formula is C14H15BrClNO2S. The lowest BCUT2D eigenvalue weighted by Crippen LogP contribution is -2.12. The molecule has 2 rings (SSSR count). The van der Waals surface area contributed by atoms with E-state index in [4.69, 9.17) is 26.8 Å². The number of nitrogens with two attached hydrogens (primary N) is 1. The average molecular weight is 377 g/mol. The maximum absolute atomic E-state index is 6.36. The lowest BCUT2D eigenvalue weighted by atomic mass is 10.0. The van der Waals surface area contributed by atoms with E-state index < -0.39 is 0 Å². The minimum atomic E-state index is -0.349. The second kappa shape index (κ2) is 6.35. The molecule has 0 bridgehead atoms. The fourth-order valence-electron chi connectivity index (χ4n) is 1.93. The molecule has 108 valence electrons. The zero-order valence-corrected chi connectivity index (χ0v) is 14.5. The van der Waals surface area contributed by atoms with Gasteiger partial charge >= 0.3 is 0 Å². The van der Waals surface area contributed by atoms with Crippen LogP contribution in [0.4, 0.5) is 0 Å². The van der Waals surface area contributed by atoms with Crippen molar-refractivity contribution in [3.63, 3.8) is 0 Å². The lowest BCUT2D eigenvalue weighted by molar-refractivity contribution is 0.395. The molecule has 0 aliphatic rings. The number of hydrogen-bond acceptors (Lipinski definition) is 4.